The zero-order valence-corrected chi connectivity index (χ0v) is 11.7. The van der Waals surface area contributed by atoms with Crippen LogP contribution in [0.2, 0.25) is 0 Å². The Balaban J connectivity index is 1.98. The van der Waals surface area contributed by atoms with Gasteiger partial charge in [0.15, 0.2) is 12.0 Å². The third-order valence-corrected chi connectivity index (χ3v) is 3.65. The smallest absolute Gasteiger partial charge is 0.330 e. The normalized spacial score (nSPS) is 35.1. The lowest BCUT2D eigenvalue weighted by atomic mass is 10.1. The SMILES string of the molecule is CC[C@H]1O[C@@H](n2ccc(=O)[nH]c2=O)[C@H]2OC(C)(C)OC12. The van der Waals surface area contributed by atoms with Gasteiger partial charge in [-0.15, -0.1) is 0 Å². The molecule has 7 heteroatoms. The molecule has 110 valence electrons. The van der Waals surface area contributed by atoms with E-state index in [1.165, 1.54) is 16.8 Å². The Kier molecular flexibility index (Phi) is 3.07. The van der Waals surface area contributed by atoms with Crippen LogP contribution in [0.3, 0.4) is 0 Å². The van der Waals surface area contributed by atoms with Crippen molar-refractivity contribution in [1.82, 2.24) is 9.55 Å². The van der Waals surface area contributed by atoms with E-state index in [2.05, 4.69) is 4.98 Å². The zero-order valence-electron chi connectivity index (χ0n) is 11.7. The van der Waals surface area contributed by atoms with Crippen LogP contribution in [0, 0.1) is 0 Å². The van der Waals surface area contributed by atoms with Gasteiger partial charge in [0.05, 0.1) is 6.10 Å². The summed E-state index contributed by atoms with van der Waals surface area (Å²) in [5, 5.41) is 0. The zero-order chi connectivity index (χ0) is 14.5. The van der Waals surface area contributed by atoms with Crippen molar-refractivity contribution in [2.75, 3.05) is 0 Å². The van der Waals surface area contributed by atoms with E-state index in [4.69, 9.17) is 14.2 Å². The molecule has 0 amide bonds. The lowest BCUT2D eigenvalue weighted by molar-refractivity contribution is -0.197. The average Bonchev–Trinajstić information content (AvgIpc) is 2.83. The molecule has 1 aromatic heterocycles. The molecule has 2 aliphatic heterocycles. The maximum atomic E-state index is 11.9. The van der Waals surface area contributed by atoms with Crippen LogP contribution in [-0.2, 0) is 14.2 Å². The van der Waals surface area contributed by atoms with Crippen LogP contribution < -0.4 is 11.2 Å². The minimum absolute atomic E-state index is 0.134. The van der Waals surface area contributed by atoms with Crippen LogP contribution in [0.15, 0.2) is 21.9 Å². The Morgan fingerprint density at radius 3 is 2.65 bits per heavy atom. The van der Waals surface area contributed by atoms with E-state index in [1.54, 1.807) is 0 Å². The predicted octanol–water partition coefficient (Wildman–Crippen LogP) is 0.364. The lowest BCUT2D eigenvalue weighted by Crippen LogP contribution is -2.37. The van der Waals surface area contributed by atoms with Gasteiger partial charge in [0, 0.05) is 12.3 Å². The molecular formula is C13H18N2O5. The first-order valence-electron chi connectivity index (χ1n) is 6.74. The third kappa shape index (κ3) is 2.11. The number of hydrogen-bond acceptors (Lipinski definition) is 5. The average molecular weight is 282 g/mol. The number of nitrogens with one attached hydrogen (secondary N) is 1. The summed E-state index contributed by atoms with van der Waals surface area (Å²) < 4.78 is 18.9. The van der Waals surface area contributed by atoms with Crippen molar-refractivity contribution in [3.8, 4) is 0 Å². The minimum Gasteiger partial charge on any atom is -0.349 e. The van der Waals surface area contributed by atoms with E-state index >= 15 is 0 Å². The molecule has 2 fully saturated rings. The van der Waals surface area contributed by atoms with Crippen LogP contribution in [-0.4, -0.2) is 33.7 Å². The standard InChI is InChI=1S/C13H18N2O5/c1-4-7-9-10(20-13(2,3)19-9)11(18-7)15-6-5-8(16)14-12(15)17/h5-7,9-11H,4H2,1-3H3,(H,14,16,17)/t7-,9?,10+,11-/m1/s1. The second-order valence-electron chi connectivity index (χ2n) is 5.56. The monoisotopic (exact) mass is 282 g/mol. The lowest BCUT2D eigenvalue weighted by Gasteiger charge is -2.24. The molecule has 3 heterocycles. The molecule has 0 radical (unpaired) electrons. The predicted molar refractivity (Wildman–Crippen MR) is 69.3 cm³/mol. The van der Waals surface area contributed by atoms with E-state index in [1.807, 2.05) is 20.8 Å². The first kappa shape index (κ1) is 13.5. The van der Waals surface area contributed by atoms with Crippen molar-refractivity contribution in [3.63, 3.8) is 0 Å². The number of nitrogens with zero attached hydrogens (tertiary/aromatic N) is 1. The van der Waals surface area contributed by atoms with Crippen molar-refractivity contribution >= 4 is 0 Å². The van der Waals surface area contributed by atoms with Gasteiger partial charge < -0.3 is 14.2 Å². The van der Waals surface area contributed by atoms with E-state index in [0.717, 1.165) is 6.42 Å². The van der Waals surface area contributed by atoms with Gasteiger partial charge in [0.2, 0.25) is 0 Å². The largest absolute Gasteiger partial charge is 0.349 e. The van der Waals surface area contributed by atoms with Crippen LogP contribution in [0.4, 0.5) is 0 Å². The molecule has 3 rings (SSSR count). The number of fused-ring (bicyclic) bond motifs is 1. The maximum absolute atomic E-state index is 11.9. The molecule has 0 bridgehead atoms. The van der Waals surface area contributed by atoms with Crippen LogP contribution in [0.1, 0.15) is 33.4 Å². The van der Waals surface area contributed by atoms with E-state index in [-0.39, 0.29) is 18.3 Å². The highest BCUT2D eigenvalue weighted by atomic mass is 16.8. The highest BCUT2D eigenvalue weighted by Gasteiger charge is 2.55. The molecule has 1 N–H and O–H groups in total. The summed E-state index contributed by atoms with van der Waals surface area (Å²) in [6.45, 7) is 5.67. The minimum atomic E-state index is -0.698. The van der Waals surface area contributed by atoms with Crippen molar-refractivity contribution in [2.45, 2.75) is 57.5 Å². The molecule has 0 saturated carbocycles. The Hall–Kier alpha value is -1.44. The number of ether oxygens (including phenoxy) is 3. The summed E-state index contributed by atoms with van der Waals surface area (Å²) in [4.78, 5) is 25.3. The molecule has 2 aliphatic rings. The Morgan fingerprint density at radius 2 is 2.00 bits per heavy atom. The summed E-state index contributed by atoms with van der Waals surface area (Å²) in [5.41, 5.74) is -0.942. The topological polar surface area (TPSA) is 82.6 Å². The molecule has 1 aromatic rings. The molecule has 4 atom stereocenters. The second kappa shape index (κ2) is 4.54. The van der Waals surface area contributed by atoms with E-state index < -0.39 is 23.3 Å². The highest BCUT2D eigenvalue weighted by molar-refractivity contribution is 4.98. The van der Waals surface area contributed by atoms with Crippen molar-refractivity contribution < 1.29 is 14.2 Å². The van der Waals surface area contributed by atoms with Crippen LogP contribution in [0.5, 0.6) is 0 Å². The maximum Gasteiger partial charge on any atom is 0.330 e. The quantitative estimate of drug-likeness (QED) is 0.847. The van der Waals surface area contributed by atoms with Gasteiger partial charge in [-0.3, -0.25) is 14.3 Å². The summed E-state index contributed by atoms with van der Waals surface area (Å²) in [5.74, 6) is -0.698. The molecule has 7 nitrogen and oxygen atoms in total. The number of H-pyrrole nitrogens is 1. The Bertz CT molecular complexity index is 620. The second-order valence-corrected chi connectivity index (χ2v) is 5.56. The fourth-order valence-electron chi connectivity index (χ4n) is 2.84. The number of hydrogen-bond donors (Lipinski definition) is 1. The summed E-state index contributed by atoms with van der Waals surface area (Å²) in [6.07, 6.45) is 0.893. The Morgan fingerprint density at radius 1 is 1.30 bits per heavy atom. The van der Waals surface area contributed by atoms with Gasteiger partial charge in [-0.2, -0.15) is 0 Å². The van der Waals surface area contributed by atoms with Crippen molar-refractivity contribution in [2.24, 2.45) is 0 Å². The number of aromatic amines is 1. The summed E-state index contributed by atoms with van der Waals surface area (Å²) in [7, 11) is 0. The van der Waals surface area contributed by atoms with Crippen LogP contribution >= 0.6 is 0 Å². The van der Waals surface area contributed by atoms with Crippen molar-refractivity contribution in [1.29, 1.82) is 0 Å². The fraction of sp³-hybridized carbons (Fsp3) is 0.692. The number of rotatable bonds is 2. The first-order valence-corrected chi connectivity index (χ1v) is 6.74. The van der Waals surface area contributed by atoms with Gasteiger partial charge in [-0.05, 0) is 20.3 Å². The molecule has 0 aromatic carbocycles. The van der Waals surface area contributed by atoms with Crippen LogP contribution in [0.25, 0.3) is 0 Å². The van der Waals surface area contributed by atoms with Crippen molar-refractivity contribution in [3.05, 3.63) is 33.1 Å². The molecular weight excluding hydrogens is 264 g/mol. The van der Waals surface area contributed by atoms with E-state index in [0.29, 0.717) is 0 Å². The van der Waals surface area contributed by atoms with Gasteiger partial charge in [-0.25, -0.2) is 4.79 Å². The third-order valence-electron chi connectivity index (χ3n) is 3.65. The summed E-state index contributed by atoms with van der Waals surface area (Å²) >= 11 is 0. The van der Waals surface area contributed by atoms with Gasteiger partial charge in [0.1, 0.15) is 12.2 Å². The number of aromatic nitrogens is 2. The van der Waals surface area contributed by atoms with Gasteiger partial charge in [-0.1, -0.05) is 6.92 Å². The Labute approximate surface area is 115 Å². The van der Waals surface area contributed by atoms with E-state index in [9.17, 15) is 9.59 Å². The molecule has 0 aliphatic carbocycles. The summed E-state index contributed by atoms with van der Waals surface area (Å²) in [6, 6.07) is 1.29. The fourth-order valence-corrected chi connectivity index (χ4v) is 2.84. The molecule has 1 unspecified atom stereocenters. The van der Waals surface area contributed by atoms with Gasteiger partial charge >= 0.3 is 5.69 Å². The molecule has 2 saturated heterocycles. The molecule has 20 heavy (non-hydrogen) atoms. The van der Waals surface area contributed by atoms with Gasteiger partial charge in [0.25, 0.3) is 5.56 Å². The highest BCUT2D eigenvalue weighted by Crippen LogP contribution is 2.43. The molecule has 0 spiro atoms. The first-order chi connectivity index (χ1) is 9.41.